The smallest absolute Gasteiger partial charge is 0.150 e. The molecule has 0 N–H and O–H groups in total. The second-order valence-electron chi connectivity index (χ2n) is 22.4. The van der Waals surface area contributed by atoms with Gasteiger partial charge in [0.2, 0.25) is 16.6 Å². The summed E-state index contributed by atoms with van der Waals surface area (Å²) in [7, 11) is 0. The molecule has 0 atom stereocenters. The Morgan fingerprint density at radius 1 is 0.0833 bits per heavy atom. The Morgan fingerprint density at radius 2 is 0.150 bits per heavy atom. The molecule has 0 amide bonds. The van der Waals surface area contributed by atoms with Crippen molar-refractivity contribution in [1.29, 1.82) is 0 Å². The number of hydrogen-bond acceptors (Lipinski definition) is 0. The van der Waals surface area contributed by atoms with E-state index in [2.05, 4.69) is 4.40 Å². The monoisotopic (exact) mass is 722 g/mol. The van der Waals surface area contributed by atoms with Crippen LogP contribution in [-0.2, 0) is 0 Å². The Labute approximate surface area is 321 Å². The number of hydrogen-bond donors (Lipinski definition) is 0. The highest BCUT2D eigenvalue weighted by molar-refractivity contribution is 6.83. The van der Waals surface area contributed by atoms with Crippen molar-refractivity contribution in [2.24, 2.45) is 0 Å². The third kappa shape index (κ3) is 0.976. The van der Waals surface area contributed by atoms with Gasteiger partial charge in [0, 0.05) is 269 Å². The Morgan fingerprint density at radius 3 is 0.267 bits per heavy atom. The number of pyridine rings is 2. The van der Waals surface area contributed by atoms with Gasteiger partial charge in [-0.15, -0.1) is 0 Å². The molecule has 0 radical (unpaired) electrons. The Balaban J connectivity index is 1.37. The Bertz CT molecular complexity index is 4030. The van der Waals surface area contributed by atoms with Gasteiger partial charge in [-0.2, -0.15) is 4.40 Å². The zero-order valence-electron chi connectivity index (χ0n) is 29.9. The first-order valence-electron chi connectivity index (χ1n) is 22.4. The van der Waals surface area contributed by atoms with Gasteiger partial charge >= 0.3 is 0 Å². The van der Waals surface area contributed by atoms with Crippen molar-refractivity contribution < 1.29 is 4.40 Å². The van der Waals surface area contributed by atoms with Crippen LogP contribution in [0.4, 0.5) is 0 Å². The van der Waals surface area contributed by atoms with Gasteiger partial charge in [0.25, 0.3) is 0 Å². The summed E-state index contributed by atoms with van der Waals surface area (Å²) < 4.78 is 2.99. The molecule has 0 spiro atoms. The van der Waals surface area contributed by atoms with Crippen LogP contribution >= 0.6 is 0 Å². The normalized spacial score (nSPS) is 18.0. The fourth-order valence-corrected chi connectivity index (χ4v) is 22.3. The number of aromatic nitrogens is 1. The van der Waals surface area contributed by atoms with E-state index in [0.717, 1.165) is 0 Å². The van der Waals surface area contributed by atoms with Crippen molar-refractivity contribution >= 4 is 318 Å². The first kappa shape index (κ1) is 20.2. The molecule has 1 heteroatoms. The molecule has 32 aromatic rings. The summed E-state index contributed by atoms with van der Waals surface area (Å²) in [4.78, 5) is 0. The average molecular weight is 723 g/mol. The van der Waals surface area contributed by atoms with Gasteiger partial charge in [-0.05, 0) is 0 Å². The highest BCUT2D eigenvalue weighted by atomic mass is 14.9. The minimum atomic E-state index is 1.58. The van der Waals surface area contributed by atoms with Crippen molar-refractivity contribution in [3.63, 3.8) is 0 Å². The molecule has 0 saturated carbocycles. The standard InChI is InChI=1S/C59N/c1-2-5-6-3(1)10-12-8-4(1)7-11-9(2)15-19-17(5)25-26-18(6)20-16(10)24-22(12)30-28-14(8)13(7)27-29-21(11)23(15)37-39-31(19)33(25)47-48-34(26)32(20)40-38(24)44-42(30)46-36(28)35(27)45-41(29)43(37)51-49(39)53(47)57-54(48)50(40)52(44)59-56(46)55(45)58(51)60(57)59/q+1. The average Bonchev–Trinajstić information content (AvgIpc) is 4.09. The largest absolute Gasteiger partial charge is 0.229 e. The third-order valence-electron chi connectivity index (χ3n) is 22.3. The van der Waals surface area contributed by atoms with Crippen LogP contribution in [0.5, 0.6) is 0 Å². The SMILES string of the molecule is c12c3c4c5c1c1c6c7c2c2c8c3c3c9c4c4c%10c5c5c1c1c6c6c%11c7c2c2c7c8c3c3c8c9c4c4c9c%10c5c5c1c1c6c6c%11c2c2c7c3c3c8c4c4c9c5c1c1c6c2c3[n+]41. The maximum absolute atomic E-state index is 2.99. The predicted octanol–water partition coefficient (Wildman–Crippen LogP) is 16.3. The summed E-state index contributed by atoms with van der Waals surface area (Å²) in [5, 5.41) is 92.6. The summed E-state index contributed by atoms with van der Waals surface area (Å²) in [6.45, 7) is 0. The Kier molecular flexibility index (Phi) is 1.46. The number of nitrogens with zero attached hydrogens (tertiary/aromatic N) is 1. The van der Waals surface area contributed by atoms with Crippen LogP contribution in [0.1, 0.15) is 0 Å². The lowest BCUT2D eigenvalue weighted by Gasteiger charge is -2.13. The van der Waals surface area contributed by atoms with E-state index >= 15 is 0 Å². The number of rotatable bonds is 0. The second kappa shape index (κ2) is 4.34. The molecule has 0 aliphatic carbocycles. The topological polar surface area (TPSA) is 4.10 Å². The molecule has 32 rings (SSSR count). The van der Waals surface area contributed by atoms with Gasteiger partial charge in [0.05, 0.1) is 32.3 Å². The van der Waals surface area contributed by atoms with Crippen LogP contribution in [0.3, 0.4) is 0 Å². The molecule has 0 unspecified atom stereocenters. The lowest BCUT2D eigenvalue weighted by molar-refractivity contribution is -0.444. The summed E-state index contributed by atoms with van der Waals surface area (Å²) in [6.07, 6.45) is 0. The van der Waals surface area contributed by atoms with E-state index in [9.17, 15) is 0 Å². The van der Waals surface area contributed by atoms with Crippen molar-refractivity contribution in [3.8, 4) is 0 Å². The predicted molar refractivity (Wildman–Crippen MR) is 256 cm³/mol. The van der Waals surface area contributed by atoms with E-state index in [1.165, 1.54) is 0 Å². The lowest BCUT2D eigenvalue weighted by Crippen LogP contribution is -2.22. The molecule has 60 heavy (non-hydrogen) atoms. The molecule has 3 aromatic heterocycles. The van der Waals surface area contributed by atoms with Crippen LogP contribution in [0.2, 0.25) is 0 Å². The quantitative estimate of drug-likeness (QED) is 0.108. The van der Waals surface area contributed by atoms with Gasteiger partial charge in [-0.3, -0.25) is 0 Å². The molecule has 1 nitrogen and oxygen atoms in total. The molecular weight excluding hydrogens is 723 g/mol. The van der Waals surface area contributed by atoms with Crippen molar-refractivity contribution in [1.82, 2.24) is 0 Å². The van der Waals surface area contributed by atoms with Gasteiger partial charge in [-0.1, -0.05) is 0 Å². The fraction of sp³-hybridized carbons (Fsp3) is 0. The summed E-state index contributed by atoms with van der Waals surface area (Å²) in [6, 6.07) is 0. The highest BCUT2D eigenvalue weighted by Gasteiger charge is 2.53. The second-order valence-corrected chi connectivity index (χ2v) is 22.4. The van der Waals surface area contributed by atoms with Crippen molar-refractivity contribution in [3.05, 3.63) is 0 Å². The van der Waals surface area contributed by atoms with Crippen LogP contribution in [0, 0.1) is 0 Å². The first-order chi connectivity index (χ1) is 30.0. The van der Waals surface area contributed by atoms with E-state index < -0.39 is 0 Å². The van der Waals surface area contributed by atoms with Gasteiger partial charge in [0.15, 0.2) is 0 Å². The zero-order valence-corrected chi connectivity index (χ0v) is 29.9. The van der Waals surface area contributed by atoms with Gasteiger partial charge < -0.3 is 0 Å². The van der Waals surface area contributed by atoms with E-state index in [4.69, 9.17) is 0 Å². The van der Waals surface area contributed by atoms with Crippen LogP contribution < -0.4 is 4.40 Å². The lowest BCUT2D eigenvalue weighted by atomic mass is 9.88. The van der Waals surface area contributed by atoms with Crippen LogP contribution in [0.15, 0.2) is 0 Å². The highest BCUT2D eigenvalue weighted by Crippen LogP contribution is 2.79. The first-order valence-corrected chi connectivity index (χ1v) is 22.4. The molecule has 0 aliphatic rings. The molecule has 0 fully saturated rings. The minimum Gasteiger partial charge on any atom is -0.150 e. The summed E-state index contributed by atoms with van der Waals surface area (Å²) >= 11 is 0. The van der Waals surface area contributed by atoms with Gasteiger partial charge in [0.1, 0.15) is 0 Å². The Hall–Kier alpha value is -7.87. The van der Waals surface area contributed by atoms with E-state index in [-0.39, 0.29) is 0 Å². The summed E-state index contributed by atoms with van der Waals surface area (Å²) in [5.74, 6) is 0. The summed E-state index contributed by atoms with van der Waals surface area (Å²) in [5.41, 5.74) is 4.75. The minimum absolute atomic E-state index is 1.58. The van der Waals surface area contributed by atoms with E-state index in [1.807, 2.05) is 0 Å². The van der Waals surface area contributed by atoms with Crippen LogP contribution in [-0.4, -0.2) is 0 Å². The zero-order chi connectivity index (χ0) is 34.6. The van der Waals surface area contributed by atoms with Crippen LogP contribution in [0.25, 0.3) is 318 Å². The molecule has 29 aromatic carbocycles. The molecule has 240 valence electrons. The maximum Gasteiger partial charge on any atom is 0.229 e. The fourth-order valence-electron chi connectivity index (χ4n) is 22.3. The maximum atomic E-state index is 2.99. The van der Waals surface area contributed by atoms with Crippen molar-refractivity contribution in [2.45, 2.75) is 0 Å². The molecule has 0 saturated heterocycles. The molecular formula is C59N+. The van der Waals surface area contributed by atoms with Crippen molar-refractivity contribution in [2.75, 3.05) is 0 Å². The molecule has 0 aliphatic heterocycles. The van der Waals surface area contributed by atoms with Gasteiger partial charge in [-0.25, -0.2) is 0 Å². The third-order valence-corrected chi connectivity index (χ3v) is 22.3. The van der Waals surface area contributed by atoms with E-state index in [1.54, 1.807) is 318 Å². The molecule has 3 heterocycles. The molecule has 0 bridgehead atoms. The van der Waals surface area contributed by atoms with E-state index in [0.29, 0.717) is 0 Å². The number of benzene rings is 18.